The summed E-state index contributed by atoms with van der Waals surface area (Å²) in [5.41, 5.74) is 0.798. The standard InChI is InChI=1S/C11H10N2O3S/c1-16-11(15)7-4-6-17-10(7)13-9(14)8-3-2-5-12-8/h2-6,12H,1H3,(H,13,14). The molecule has 2 aromatic rings. The molecule has 0 fully saturated rings. The molecule has 88 valence electrons. The summed E-state index contributed by atoms with van der Waals surface area (Å²) >= 11 is 1.27. The van der Waals surface area contributed by atoms with Gasteiger partial charge in [-0.1, -0.05) is 0 Å². The minimum atomic E-state index is -0.465. The Morgan fingerprint density at radius 1 is 1.41 bits per heavy atom. The van der Waals surface area contributed by atoms with Gasteiger partial charge in [-0.25, -0.2) is 4.79 Å². The van der Waals surface area contributed by atoms with Crippen molar-refractivity contribution >= 4 is 28.2 Å². The molecule has 6 heteroatoms. The van der Waals surface area contributed by atoms with E-state index in [1.807, 2.05) is 0 Å². The molecule has 0 aliphatic rings. The Bertz CT molecular complexity index is 531. The van der Waals surface area contributed by atoms with Crippen molar-refractivity contribution in [2.75, 3.05) is 12.4 Å². The van der Waals surface area contributed by atoms with Crippen LogP contribution in [0.5, 0.6) is 0 Å². The van der Waals surface area contributed by atoms with Gasteiger partial charge in [0.25, 0.3) is 5.91 Å². The molecule has 0 aliphatic carbocycles. The molecule has 0 saturated carbocycles. The van der Waals surface area contributed by atoms with Crippen LogP contribution in [0.15, 0.2) is 29.8 Å². The highest BCUT2D eigenvalue weighted by atomic mass is 32.1. The summed E-state index contributed by atoms with van der Waals surface area (Å²) < 4.78 is 4.62. The lowest BCUT2D eigenvalue weighted by atomic mass is 10.3. The number of carbonyl (C=O) groups is 2. The van der Waals surface area contributed by atoms with Crippen LogP contribution >= 0.6 is 11.3 Å². The molecule has 0 atom stereocenters. The number of thiophene rings is 1. The van der Waals surface area contributed by atoms with Crippen molar-refractivity contribution in [1.82, 2.24) is 4.98 Å². The second kappa shape index (κ2) is 4.84. The number of anilines is 1. The first-order chi connectivity index (χ1) is 8.22. The van der Waals surface area contributed by atoms with E-state index in [-0.39, 0.29) is 5.91 Å². The van der Waals surface area contributed by atoms with Gasteiger partial charge in [-0.05, 0) is 23.6 Å². The predicted octanol–water partition coefficient (Wildman–Crippen LogP) is 2.12. The van der Waals surface area contributed by atoms with Crippen LogP contribution in [0.4, 0.5) is 5.00 Å². The van der Waals surface area contributed by atoms with Gasteiger partial charge < -0.3 is 15.0 Å². The van der Waals surface area contributed by atoms with Crippen LogP contribution in [-0.4, -0.2) is 24.0 Å². The maximum atomic E-state index is 11.7. The van der Waals surface area contributed by atoms with Gasteiger partial charge in [0, 0.05) is 6.20 Å². The third kappa shape index (κ3) is 2.36. The normalized spacial score (nSPS) is 9.94. The second-order valence-electron chi connectivity index (χ2n) is 3.19. The van der Waals surface area contributed by atoms with Crippen molar-refractivity contribution in [1.29, 1.82) is 0 Å². The number of hydrogen-bond donors (Lipinski definition) is 2. The molecule has 2 N–H and O–H groups in total. The molecule has 0 unspecified atom stereocenters. The number of aromatic amines is 1. The maximum absolute atomic E-state index is 11.7. The van der Waals surface area contributed by atoms with E-state index in [0.29, 0.717) is 16.3 Å². The minimum absolute atomic E-state index is 0.289. The molecule has 2 rings (SSSR count). The summed E-state index contributed by atoms with van der Waals surface area (Å²) in [5, 5.41) is 4.86. The van der Waals surface area contributed by atoms with Crippen molar-refractivity contribution < 1.29 is 14.3 Å². The first-order valence-corrected chi connectivity index (χ1v) is 5.71. The number of carbonyl (C=O) groups excluding carboxylic acids is 2. The van der Waals surface area contributed by atoms with E-state index in [0.717, 1.165) is 0 Å². The lowest BCUT2D eigenvalue weighted by molar-refractivity contribution is 0.0602. The zero-order valence-electron chi connectivity index (χ0n) is 9.02. The number of nitrogens with one attached hydrogen (secondary N) is 2. The Morgan fingerprint density at radius 2 is 2.24 bits per heavy atom. The number of ether oxygens (including phenoxy) is 1. The van der Waals surface area contributed by atoms with E-state index in [4.69, 9.17) is 0 Å². The molecule has 0 bridgehead atoms. The van der Waals surface area contributed by atoms with Crippen molar-refractivity contribution in [2.24, 2.45) is 0 Å². The van der Waals surface area contributed by atoms with Gasteiger partial charge in [-0.3, -0.25) is 4.79 Å². The lowest BCUT2D eigenvalue weighted by Crippen LogP contribution is -2.13. The molecular weight excluding hydrogens is 240 g/mol. The van der Waals surface area contributed by atoms with Crippen LogP contribution in [0.1, 0.15) is 20.8 Å². The Morgan fingerprint density at radius 3 is 2.88 bits per heavy atom. The summed E-state index contributed by atoms with van der Waals surface area (Å²) in [6, 6.07) is 4.99. The molecule has 5 nitrogen and oxygen atoms in total. The molecule has 0 aliphatic heterocycles. The fourth-order valence-electron chi connectivity index (χ4n) is 1.32. The average molecular weight is 250 g/mol. The van der Waals surface area contributed by atoms with Crippen LogP contribution < -0.4 is 5.32 Å². The molecule has 2 aromatic heterocycles. The van der Waals surface area contributed by atoms with E-state index in [2.05, 4.69) is 15.0 Å². The quantitative estimate of drug-likeness (QED) is 0.819. The van der Waals surface area contributed by atoms with Gasteiger partial charge in [0.15, 0.2) is 0 Å². The van der Waals surface area contributed by atoms with Gasteiger partial charge in [0.2, 0.25) is 0 Å². The Labute approximate surface area is 101 Å². The number of rotatable bonds is 3. The highest BCUT2D eigenvalue weighted by Gasteiger charge is 2.16. The molecule has 1 amide bonds. The number of H-pyrrole nitrogens is 1. The zero-order chi connectivity index (χ0) is 12.3. The molecule has 0 aromatic carbocycles. The largest absolute Gasteiger partial charge is 0.465 e. The molecule has 0 radical (unpaired) electrons. The highest BCUT2D eigenvalue weighted by molar-refractivity contribution is 7.14. The minimum Gasteiger partial charge on any atom is -0.465 e. The Hall–Kier alpha value is -2.08. The van der Waals surface area contributed by atoms with Crippen LogP contribution in [0.3, 0.4) is 0 Å². The van der Waals surface area contributed by atoms with Crippen molar-refractivity contribution in [3.05, 3.63) is 41.0 Å². The first kappa shape index (κ1) is 11.4. The number of hydrogen-bond acceptors (Lipinski definition) is 4. The van der Waals surface area contributed by atoms with Crippen LogP contribution in [0, 0.1) is 0 Å². The highest BCUT2D eigenvalue weighted by Crippen LogP contribution is 2.24. The van der Waals surface area contributed by atoms with Gasteiger partial charge in [0.05, 0.1) is 12.7 Å². The predicted molar refractivity (Wildman–Crippen MR) is 64.4 cm³/mol. The van der Waals surface area contributed by atoms with Gasteiger partial charge in [0.1, 0.15) is 10.7 Å². The summed E-state index contributed by atoms with van der Waals surface area (Å²) in [7, 11) is 1.30. The smallest absolute Gasteiger partial charge is 0.340 e. The van der Waals surface area contributed by atoms with Gasteiger partial charge in [-0.2, -0.15) is 0 Å². The number of methoxy groups -OCH3 is 1. The van der Waals surface area contributed by atoms with E-state index < -0.39 is 5.97 Å². The molecule has 2 heterocycles. The Kier molecular flexibility index (Phi) is 3.24. The fourth-order valence-corrected chi connectivity index (χ4v) is 2.09. The second-order valence-corrected chi connectivity index (χ2v) is 4.11. The molecule has 0 spiro atoms. The number of amides is 1. The lowest BCUT2D eigenvalue weighted by Gasteiger charge is -2.03. The summed E-state index contributed by atoms with van der Waals surface area (Å²) in [6.07, 6.45) is 1.66. The summed E-state index contributed by atoms with van der Waals surface area (Å²) in [4.78, 5) is 25.9. The third-order valence-corrected chi connectivity index (χ3v) is 2.97. The molecular formula is C11H10N2O3S. The topological polar surface area (TPSA) is 71.2 Å². The van der Waals surface area contributed by atoms with E-state index in [9.17, 15) is 9.59 Å². The number of esters is 1. The number of aromatic nitrogens is 1. The van der Waals surface area contributed by atoms with E-state index in [1.165, 1.54) is 18.4 Å². The monoisotopic (exact) mass is 250 g/mol. The third-order valence-electron chi connectivity index (χ3n) is 2.14. The van der Waals surface area contributed by atoms with E-state index in [1.54, 1.807) is 29.8 Å². The fraction of sp³-hybridized carbons (Fsp3) is 0.0909. The summed E-state index contributed by atoms with van der Waals surface area (Å²) in [6.45, 7) is 0. The average Bonchev–Trinajstić information content (AvgIpc) is 2.98. The van der Waals surface area contributed by atoms with Crippen molar-refractivity contribution in [3.8, 4) is 0 Å². The SMILES string of the molecule is COC(=O)c1ccsc1NC(=O)c1ccc[nH]1. The zero-order valence-corrected chi connectivity index (χ0v) is 9.84. The molecule has 0 saturated heterocycles. The van der Waals surface area contributed by atoms with Gasteiger partial charge in [-0.15, -0.1) is 11.3 Å². The Balaban J connectivity index is 2.17. The first-order valence-electron chi connectivity index (χ1n) is 4.83. The molecule has 17 heavy (non-hydrogen) atoms. The van der Waals surface area contributed by atoms with Crippen LogP contribution in [0.25, 0.3) is 0 Å². The van der Waals surface area contributed by atoms with Crippen molar-refractivity contribution in [2.45, 2.75) is 0 Å². The summed E-state index contributed by atoms with van der Waals surface area (Å²) in [5.74, 6) is -0.754. The van der Waals surface area contributed by atoms with Crippen LogP contribution in [-0.2, 0) is 4.74 Å². The van der Waals surface area contributed by atoms with Crippen molar-refractivity contribution in [3.63, 3.8) is 0 Å². The van der Waals surface area contributed by atoms with Gasteiger partial charge >= 0.3 is 5.97 Å². The maximum Gasteiger partial charge on any atom is 0.340 e. The van der Waals surface area contributed by atoms with Crippen LogP contribution in [0.2, 0.25) is 0 Å². The van der Waals surface area contributed by atoms with E-state index >= 15 is 0 Å².